The Morgan fingerprint density at radius 1 is 1.30 bits per heavy atom. The molecule has 1 atom stereocenters. The molecule has 126 valence electrons. The lowest BCUT2D eigenvalue weighted by atomic mass is 10.1. The monoisotopic (exact) mass is 333 g/mol. The van der Waals surface area contributed by atoms with E-state index in [1.54, 1.807) is 0 Å². The standard InChI is InChI=1S/C18H27N3OS/c1-20(18(23)19-13-16-8-6-12-22-16)14-15-7-2-3-9-17(15)21-10-4-5-11-21/h2-3,7,9,16H,4-6,8,10-14H2,1H3,(H,19,23)/t16-/m1/s1. The Labute approximate surface area is 144 Å². The van der Waals surface area contributed by atoms with Crippen LogP contribution in [0.3, 0.4) is 0 Å². The normalized spacial score (nSPS) is 20.7. The molecule has 2 saturated heterocycles. The van der Waals surface area contributed by atoms with E-state index in [1.165, 1.54) is 37.2 Å². The van der Waals surface area contributed by atoms with Crippen molar-refractivity contribution < 1.29 is 4.74 Å². The predicted octanol–water partition coefficient (Wildman–Crippen LogP) is 2.77. The van der Waals surface area contributed by atoms with E-state index in [4.69, 9.17) is 17.0 Å². The summed E-state index contributed by atoms with van der Waals surface area (Å²) in [5, 5.41) is 4.15. The van der Waals surface area contributed by atoms with E-state index >= 15 is 0 Å². The molecule has 0 radical (unpaired) electrons. The number of para-hydroxylation sites is 1. The molecule has 0 bridgehead atoms. The summed E-state index contributed by atoms with van der Waals surface area (Å²) in [5.74, 6) is 0. The van der Waals surface area contributed by atoms with E-state index in [1.807, 2.05) is 0 Å². The largest absolute Gasteiger partial charge is 0.376 e. The summed E-state index contributed by atoms with van der Waals surface area (Å²) in [5.41, 5.74) is 2.71. The third kappa shape index (κ3) is 4.36. The molecule has 0 amide bonds. The molecule has 0 spiro atoms. The zero-order valence-corrected chi connectivity index (χ0v) is 14.8. The Hall–Kier alpha value is -1.33. The molecule has 23 heavy (non-hydrogen) atoms. The van der Waals surface area contributed by atoms with Gasteiger partial charge in [0.15, 0.2) is 5.11 Å². The quantitative estimate of drug-likeness (QED) is 0.837. The van der Waals surface area contributed by atoms with Crippen LogP contribution in [0.2, 0.25) is 0 Å². The van der Waals surface area contributed by atoms with Crippen molar-refractivity contribution >= 4 is 23.0 Å². The molecule has 0 aliphatic carbocycles. The van der Waals surface area contributed by atoms with Gasteiger partial charge in [-0.25, -0.2) is 0 Å². The smallest absolute Gasteiger partial charge is 0.169 e. The van der Waals surface area contributed by atoms with Crippen LogP contribution in [0.15, 0.2) is 24.3 Å². The molecule has 0 unspecified atom stereocenters. The van der Waals surface area contributed by atoms with Crippen LogP contribution in [-0.2, 0) is 11.3 Å². The third-order valence-electron chi connectivity index (χ3n) is 4.70. The van der Waals surface area contributed by atoms with Crippen molar-refractivity contribution in [3.8, 4) is 0 Å². The molecular weight excluding hydrogens is 306 g/mol. The summed E-state index contributed by atoms with van der Waals surface area (Å²) < 4.78 is 5.64. The molecule has 2 aliphatic heterocycles. The molecule has 2 fully saturated rings. The van der Waals surface area contributed by atoms with E-state index in [2.05, 4.69) is 46.4 Å². The molecule has 0 aromatic heterocycles. The molecule has 1 aromatic rings. The number of hydrogen-bond acceptors (Lipinski definition) is 3. The van der Waals surface area contributed by atoms with E-state index in [9.17, 15) is 0 Å². The van der Waals surface area contributed by atoms with Crippen molar-refractivity contribution in [1.82, 2.24) is 10.2 Å². The van der Waals surface area contributed by atoms with Crippen LogP contribution in [0.5, 0.6) is 0 Å². The molecule has 2 aliphatic rings. The Kier molecular flexibility index (Phi) is 5.73. The molecule has 2 heterocycles. The van der Waals surface area contributed by atoms with Gasteiger partial charge >= 0.3 is 0 Å². The van der Waals surface area contributed by atoms with Crippen LogP contribution < -0.4 is 10.2 Å². The number of rotatable bonds is 5. The first kappa shape index (κ1) is 16.5. The number of hydrogen-bond donors (Lipinski definition) is 1. The van der Waals surface area contributed by atoms with Gasteiger partial charge in [0.2, 0.25) is 0 Å². The minimum Gasteiger partial charge on any atom is -0.376 e. The highest BCUT2D eigenvalue weighted by Gasteiger charge is 2.18. The summed E-state index contributed by atoms with van der Waals surface area (Å²) in [7, 11) is 2.06. The number of anilines is 1. The maximum Gasteiger partial charge on any atom is 0.169 e. The maximum atomic E-state index is 5.64. The fraction of sp³-hybridized carbons (Fsp3) is 0.611. The van der Waals surface area contributed by atoms with Crippen LogP contribution in [0.4, 0.5) is 5.69 Å². The second-order valence-corrected chi connectivity index (χ2v) is 6.89. The average Bonchev–Trinajstić information content (AvgIpc) is 3.26. The molecule has 4 nitrogen and oxygen atoms in total. The molecule has 3 rings (SSSR count). The van der Waals surface area contributed by atoms with Crippen molar-refractivity contribution in [1.29, 1.82) is 0 Å². The number of nitrogens with zero attached hydrogens (tertiary/aromatic N) is 2. The highest BCUT2D eigenvalue weighted by atomic mass is 32.1. The van der Waals surface area contributed by atoms with E-state index in [0.29, 0.717) is 6.10 Å². The number of thiocarbonyl (C=S) groups is 1. The first-order valence-electron chi connectivity index (χ1n) is 8.67. The summed E-state index contributed by atoms with van der Waals surface area (Å²) >= 11 is 5.53. The molecule has 0 saturated carbocycles. The van der Waals surface area contributed by atoms with Crippen molar-refractivity contribution in [3.63, 3.8) is 0 Å². The number of ether oxygens (including phenoxy) is 1. The van der Waals surface area contributed by atoms with Gasteiger partial charge in [-0.2, -0.15) is 0 Å². The van der Waals surface area contributed by atoms with Gasteiger partial charge in [0.05, 0.1) is 6.10 Å². The lowest BCUT2D eigenvalue weighted by molar-refractivity contribution is 0.113. The summed E-state index contributed by atoms with van der Waals surface area (Å²) in [6.07, 6.45) is 5.21. The lowest BCUT2D eigenvalue weighted by Gasteiger charge is -2.26. The fourth-order valence-electron chi connectivity index (χ4n) is 3.38. The summed E-state index contributed by atoms with van der Waals surface area (Å²) in [6.45, 7) is 4.88. The Morgan fingerprint density at radius 3 is 2.83 bits per heavy atom. The van der Waals surface area contributed by atoms with Gasteiger partial charge in [0.25, 0.3) is 0 Å². The van der Waals surface area contributed by atoms with Gasteiger partial charge in [-0.1, -0.05) is 18.2 Å². The fourth-order valence-corrected chi connectivity index (χ4v) is 3.53. The summed E-state index contributed by atoms with van der Waals surface area (Å²) in [4.78, 5) is 4.62. The van der Waals surface area contributed by atoms with Crippen LogP contribution in [0.25, 0.3) is 0 Å². The first-order chi connectivity index (χ1) is 11.2. The minimum atomic E-state index is 0.318. The van der Waals surface area contributed by atoms with E-state index < -0.39 is 0 Å². The lowest BCUT2D eigenvalue weighted by Crippen LogP contribution is -2.40. The second-order valence-electron chi connectivity index (χ2n) is 6.50. The van der Waals surface area contributed by atoms with Gasteiger partial charge in [-0.05, 0) is 49.5 Å². The Morgan fingerprint density at radius 2 is 2.09 bits per heavy atom. The van der Waals surface area contributed by atoms with Gasteiger partial charge in [-0.3, -0.25) is 0 Å². The van der Waals surface area contributed by atoms with E-state index in [0.717, 1.165) is 37.7 Å². The molecular formula is C18H27N3OS. The number of benzene rings is 1. The highest BCUT2D eigenvalue weighted by Crippen LogP contribution is 2.25. The van der Waals surface area contributed by atoms with Gasteiger partial charge in [-0.15, -0.1) is 0 Å². The van der Waals surface area contributed by atoms with Gasteiger partial charge in [0, 0.05) is 45.5 Å². The van der Waals surface area contributed by atoms with Crippen LogP contribution >= 0.6 is 12.2 Å². The zero-order chi connectivity index (χ0) is 16.1. The van der Waals surface area contributed by atoms with Gasteiger partial charge in [0.1, 0.15) is 0 Å². The Balaban J connectivity index is 1.56. The van der Waals surface area contributed by atoms with Crippen LogP contribution in [0, 0.1) is 0 Å². The molecule has 5 heteroatoms. The first-order valence-corrected chi connectivity index (χ1v) is 9.08. The second kappa shape index (κ2) is 7.97. The topological polar surface area (TPSA) is 27.7 Å². The average molecular weight is 334 g/mol. The number of nitrogens with one attached hydrogen (secondary N) is 1. The zero-order valence-electron chi connectivity index (χ0n) is 14.0. The minimum absolute atomic E-state index is 0.318. The van der Waals surface area contributed by atoms with Gasteiger partial charge < -0.3 is 19.9 Å². The van der Waals surface area contributed by atoms with E-state index in [-0.39, 0.29) is 0 Å². The Bertz CT molecular complexity index is 525. The third-order valence-corrected chi connectivity index (χ3v) is 5.15. The van der Waals surface area contributed by atoms with Crippen molar-refractivity contribution in [3.05, 3.63) is 29.8 Å². The predicted molar refractivity (Wildman–Crippen MR) is 98.9 cm³/mol. The van der Waals surface area contributed by atoms with Crippen LogP contribution in [-0.4, -0.2) is 49.4 Å². The van der Waals surface area contributed by atoms with Crippen molar-refractivity contribution in [2.75, 3.05) is 38.2 Å². The van der Waals surface area contributed by atoms with Crippen molar-refractivity contribution in [2.45, 2.75) is 38.3 Å². The summed E-state index contributed by atoms with van der Waals surface area (Å²) in [6, 6.07) is 8.70. The highest BCUT2D eigenvalue weighted by molar-refractivity contribution is 7.80. The SMILES string of the molecule is CN(Cc1ccccc1N1CCCC1)C(=S)NC[C@H]1CCCO1. The molecule has 1 aromatic carbocycles. The maximum absolute atomic E-state index is 5.64. The van der Waals surface area contributed by atoms with Crippen molar-refractivity contribution in [2.24, 2.45) is 0 Å². The van der Waals surface area contributed by atoms with Crippen LogP contribution in [0.1, 0.15) is 31.2 Å². The molecule has 1 N–H and O–H groups in total.